The van der Waals surface area contributed by atoms with Gasteiger partial charge in [-0.1, -0.05) is 164 Å². The molecule has 0 amide bonds. The minimum atomic E-state index is 0.866. The second kappa shape index (κ2) is 14.1. The van der Waals surface area contributed by atoms with Crippen molar-refractivity contribution < 1.29 is 4.42 Å². The van der Waals surface area contributed by atoms with Crippen LogP contribution in [-0.2, 0) is 0 Å². The van der Waals surface area contributed by atoms with E-state index in [1.807, 2.05) is 6.07 Å². The van der Waals surface area contributed by atoms with Crippen molar-refractivity contribution in [3.05, 3.63) is 231 Å². The molecule has 11 aromatic carbocycles. The fourth-order valence-electron chi connectivity index (χ4n) is 9.97. The second-order valence-corrected chi connectivity index (χ2v) is 16.5. The minimum Gasteiger partial charge on any atom is -0.456 e. The molecular weight excluding hydrogens is 765 g/mol. The first-order chi connectivity index (χ1) is 31.2. The Bertz CT molecular complexity index is 3900. The van der Waals surface area contributed by atoms with E-state index in [4.69, 9.17) is 4.42 Å². The highest BCUT2D eigenvalue weighted by atomic mass is 16.3. The molecule has 0 spiro atoms. The normalized spacial score (nSPS) is 11.8. The highest BCUT2D eigenvalue weighted by Crippen LogP contribution is 2.44. The third-order valence-electron chi connectivity index (χ3n) is 13.0. The number of anilines is 3. The van der Waals surface area contributed by atoms with Gasteiger partial charge in [0.05, 0.1) is 22.1 Å². The number of hydrogen-bond acceptors (Lipinski definition) is 2. The minimum absolute atomic E-state index is 0.866. The number of hydrogen-bond donors (Lipinski definition) is 0. The Morgan fingerprint density at radius 2 is 0.873 bits per heavy atom. The SMILES string of the molecule is c1ccc(-n2c3cc(-c4ccc(N(c5ccc(-c6ccc7c(ccc8ccccc87)c6)cc5)c5cccc6oc7ccccc7c56)cc4)ccc3c3ccc4ccccc4c32)cc1. The molecule has 0 saturated carbocycles. The van der Waals surface area contributed by atoms with E-state index in [1.54, 1.807) is 0 Å². The molecule has 2 heterocycles. The van der Waals surface area contributed by atoms with Crippen LogP contribution < -0.4 is 4.90 Å². The quantitative estimate of drug-likeness (QED) is 0.156. The lowest BCUT2D eigenvalue weighted by atomic mass is 9.97. The summed E-state index contributed by atoms with van der Waals surface area (Å²) in [5, 5.41) is 12.2. The molecule has 0 atom stereocenters. The van der Waals surface area contributed by atoms with Crippen LogP contribution in [0.3, 0.4) is 0 Å². The van der Waals surface area contributed by atoms with E-state index in [9.17, 15) is 0 Å². The van der Waals surface area contributed by atoms with Crippen LogP contribution in [0.5, 0.6) is 0 Å². The largest absolute Gasteiger partial charge is 0.456 e. The van der Waals surface area contributed by atoms with Gasteiger partial charge >= 0.3 is 0 Å². The summed E-state index contributed by atoms with van der Waals surface area (Å²) < 4.78 is 8.86. The van der Waals surface area contributed by atoms with Crippen molar-refractivity contribution in [3.63, 3.8) is 0 Å². The Balaban J connectivity index is 0.936. The summed E-state index contributed by atoms with van der Waals surface area (Å²) in [5.74, 6) is 0. The Morgan fingerprint density at radius 3 is 1.63 bits per heavy atom. The van der Waals surface area contributed by atoms with Crippen LogP contribution in [0.4, 0.5) is 17.1 Å². The third kappa shape index (κ3) is 5.67. The number of nitrogens with zero attached hydrogens (tertiary/aromatic N) is 2. The molecule has 63 heavy (non-hydrogen) atoms. The highest BCUT2D eigenvalue weighted by Gasteiger charge is 2.21. The monoisotopic (exact) mass is 802 g/mol. The van der Waals surface area contributed by atoms with Gasteiger partial charge in [-0.2, -0.15) is 0 Å². The van der Waals surface area contributed by atoms with Crippen LogP contribution in [0, 0.1) is 0 Å². The van der Waals surface area contributed by atoms with Crippen molar-refractivity contribution in [1.29, 1.82) is 0 Å². The van der Waals surface area contributed by atoms with E-state index in [-0.39, 0.29) is 0 Å². The van der Waals surface area contributed by atoms with Crippen molar-refractivity contribution >= 4 is 93.1 Å². The number of para-hydroxylation sites is 2. The standard InChI is InChI=1S/C60H38N2O/c1-2-13-46(14-3-1)62-56-38-44(29-35-52(56)53-36-27-42-12-5-7-16-51(42)60(53)62)40-25-32-48(33-26-40)61(55-18-10-20-58-59(55)54-17-8-9-19-57(54)63-58)47-30-23-39(24-31-47)43-28-34-50-45(37-43)22-21-41-11-4-6-15-49(41)50/h1-38H. The van der Waals surface area contributed by atoms with Crippen molar-refractivity contribution in [2.75, 3.05) is 4.90 Å². The maximum Gasteiger partial charge on any atom is 0.137 e. The predicted molar refractivity (Wildman–Crippen MR) is 266 cm³/mol. The molecule has 0 N–H and O–H groups in total. The molecule has 0 unspecified atom stereocenters. The van der Waals surface area contributed by atoms with Crippen molar-refractivity contribution in [2.45, 2.75) is 0 Å². The molecule has 0 bridgehead atoms. The lowest BCUT2D eigenvalue weighted by Crippen LogP contribution is -2.10. The van der Waals surface area contributed by atoms with Crippen LogP contribution >= 0.6 is 0 Å². The Labute approximate surface area is 363 Å². The molecule has 0 fully saturated rings. The molecule has 0 aliphatic heterocycles. The second-order valence-electron chi connectivity index (χ2n) is 16.5. The molecular formula is C60H38N2O. The molecule has 0 aliphatic carbocycles. The fourth-order valence-corrected chi connectivity index (χ4v) is 9.97. The predicted octanol–water partition coefficient (Wildman–Crippen LogP) is 16.9. The number of aromatic nitrogens is 1. The van der Waals surface area contributed by atoms with Crippen LogP contribution in [0.2, 0.25) is 0 Å². The van der Waals surface area contributed by atoms with E-state index >= 15 is 0 Å². The summed E-state index contributed by atoms with van der Waals surface area (Å²) in [4.78, 5) is 2.37. The van der Waals surface area contributed by atoms with Gasteiger partial charge in [0.1, 0.15) is 11.2 Å². The van der Waals surface area contributed by atoms with Crippen molar-refractivity contribution in [2.24, 2.45) is 0 Å². The van der Waals surface area contributed by atoms with Crippen molar-refractivity contribution in [1.82, 2.24) is 4.57 Å². The first kappa shape index (κ1) is 35.4. The first-order valence-corrected chi connectivity index (χ1v) is 21.6. The molecule has 3 nitrogen and oxygen atoms in total. The van der Waals surface area contributed by atoms with Gasteiger partial charge in [-0.25, -0.2) is 0 Å². The fraction of sp³-hybridized carbons (Fsp3) is 0. The Kier molecular flexibility index (Phi) is 7.91. The van der Waals surface area contributed by atoms with Gasteiger partial charge in [0.25, 0.3) is 0 Å². The molecule has 0 radical (unpaired) electrons. The third-order valence-corrected chi connectivity index (χ3v) is 13.0. The number of fused-ring (bicyclic) bond motifs is 11. The van der Waals surface area contributed by atoms with Crippen LogP contribution in [0.1, 0.15) is 0 Å². The summed E-state index contributed by atoms with van der Waals surface area (Å²) in [7, 11) is 0. The molecule has 2 aromatic heterocycles. The van der Waals surface area contributed by atoms with E-state index in [1.165, 1.54) is 70.8 Å². The maximum atomic E-state index is 6.42. The first-order valence-electron chi connectivity index (χ1n) is 21.6. The summed E-state index contributed by atoms with van der Waals surface area (Å²) in [6, 6.07) is 83.5. The number of benzene rings is 11. The Hall–Kier alpha value is -8.40. The van der Waals surface area contributed by atoms with Gasteiger partial charge in [0.2, 0.25) is 0 Å². The van der Waals surface area contributed by atoms with E-state index < -0.39 is 0 Å². The molecule has 0 aliphatic rings. The van der Waals surface area contributed by atoms with E-state index in [2.05, 4.69) is 234 Å². The summed E-state index contributed by atoms with van der Waals surface area (Å²) in [5.41, 5.74) is 13.2. The van der Waals surface area contributed by atoms with Gasteiger partial charge in [0.15, 0.2) is 0 Å². The van der Waals surface area contributed by atoms with Gasteiger partial charge in [-0.3, -0.25) is 0 Å². The summed E-state index contributed by atoms with van der Waals surface area (Å²) in [6.07, 6.45) is 0. The summed E-state index contributed by atoms with van der Waals surface area (Å²) >= 11 is 0. The van der Waals surface area contributed by atoms with Gasteiger partial charge in [-0.05, 0) is 116 Å². The van der Waals surface area contributed by atoms with E-state index in [0.29, 0.717) is 0 Å². The average molecular weight is 803 g/mol. The number of furan rings is 1. The average Bonchev–Trinajstić information content (AvgIpc) is 3.91. The Morgan fingerprint density at radius 1 is 0.333 bits per heavy atom. The zero-order chi connectivity index (χ0) is 41.4. The zero-order valence-corrected chi connectivity index (χ0v) is 34.2. The molecule has 13 aromatic rings. The lowest BCUT2D eigenvalue weighted by Gasteiger charge is -2.26. The maximum absolute atomic E-state index is 6.42. The molecule has 0 saturated heterocycles. The summed E-state index contributed by atoms with van der Waals surface area (Å²) in [6.45, 7) is 0. The van der Waals surface area contributed by atoms with Crippen molar-refractivity contribution in [3.8, 4) is 27.9 Å². The number of rotatable bonds is 6. The lowest BCUT2D eigenvalue weighted by molar-refractivity contribution is 0.669. The van der Waals surface area contributed by atoms with Crippen LogP contribution in [0.25, 0.3) is 104 Å². The van der Waals surface area contributed by atoms with Crippen LogP contribution in [-0.4, -0.2) is 4.57 Å². The zero-order valence-electron chi connectivity index (χ0n) is 34.2. The highest BCUT2D eigenvalue weighted by molar-refractivity contribution is 6.19. The molecule has 294 valence electrons. The van der Waals surface area contributed by atoms with Gasteiger partial charge < -0.3 is 13.9 Å². The molecule has 13 rings (SSSR count). The molecule has 3 heteroatoms. The van der Waals surface area contributed by atoms with E-state index in [0.717, 1.165) is 50.3 Å². The van der Waals surface area contributed by atoms with Gasteiger partial charge in [-0.15, -0.1) is 0 Å². The topological polar surface area (TPSA) is 21.3 Å². The van der Waals surface area contributed by atoms with Crippen LogP contribution in [0.15, 0.2) is 235 Å². The smallest absolute Gasteiger partial charge is 0.137 e. The van der Waals surface area contributed by atoms with Gasteiger partial charge in [0, 0.05) is 38.6 Å².